The van der Waals surface area contributed by atoms with Gasteiger partial charge >= 0.3 is 0 Å². The molecule has 0 amide bonds. The molecule has 1 aliphatic rings. The molecule has 0 radical (unpaired) electrons. The van der Waals surface area contributed by atoms with Gasteiger partial charge in [-0.3, -0.25) is 9.36 Å². The van der Waals surface area contributed by atoms with Gasteiger partial charge in [0.05, 0.1) is 11.1 Å². The minimum atomic E-state index is -0.0599. The summed E-state index contributed by atoms with van der Waals surface area (Å²) in [6.07, 6.45) is 0. The monoisotopic (exact) mass is 400 g/mol. The van der Waals surface area contributed by atoms with E-state index in [2.05, 4.69) is 15.1 Å². The number of thiophene rings is 1. The zero-order valence-corrected chi connectivity index (χ0v) is 15.7. The van der Waals surface area contributed by atoms with Crippen LogP contribution >= 0.6 is 23.1 Å². The molecule has 136 valence electrons. The van der Waals surface area contributed by atoms with Gasteiger partial charge in [-0.05, 0) is 29.6 Å². The van der Waals surface area contributed by atoms with Crippen LogP contribution in [-0.4, -0.2) is 26.5 Å². The molecule has 8 nitrogen and oxygen atoms in total. The summed E-state index contributed by atoms with van der Waals surface area (Å²) < 4.78 is 17.5. The van der Waals surface area contributed by atoms with Crippen LogP contribution in [0.5, 0.6) is 11.5 Å². The maximum absolute atomic E-state index is 12.3. The molecule has 5 rings (SSSR count). The summed E-state index contributed by atoms with van der Waals surface area (Å²) in [7, 11) is 1.71. The highest BCUT2D eigenvalue weighted by Crippen LogP contribution is 2.35. The molecule has 0 aliphatic carbocycles. The molecule has 4 aromatic rings. The largest absolute Gasteiger partial charge is 0.454 e. The van der Waals surface area contributed by atoms with Crippen molar-refractivity contribution in [1.82, 2.24) is 19.7 Å². The minimum Gasteiger partial charge on any atom is -0.454 e. The Balaban J connectivity index is 1.37. The van der Waals surface area contributed by atoms with Gasteiger partial charge in [0.1, 0.15) is 4.83 Å². The van der Waals surface area contributed by atoms with Crippen LogP contribution in [0.25, 0.3) is 21.6 Å². The summed E-state index contributed by atoms with van der Waals surface area (Å²) in [5.74, 6) is 2.70. The second-order valence-electron chi connectivity index (χ2n) is 5.77. The van der Waals surface area contributed by atoms with Crippen molar-refractivity contribution in [3.8, 4) is 22.9 Å². The van der Waals surface area contributed by atoms with Crippen molar-refractivity contribution in [3.63, 3.8) is 0 Å². The smallest absolute Gasteiger partial charge is 0.262 e. The van der Waals surface area contributed by atoms with Crippen molar-refractivity contribution in [2.75, 3.05) is 6.79 Å². The van der Waals surface area contributed by atoms with Crippen molar-refractivity contribution in [1.29, 1.82) is 0 Å². The van der Waals surface area contributed by atoms with E-state index in [1.165, 1.54) is 27.7 Å². The molecule has 27 heavy (non-hydrogen) atoms. The molecule has 10 heteroatoms. The van der Waals surface area contributed by atoms with E-state index in [1.54, 1.807) is 13.1 Å². The number of benzene rings is 1. The van der Waals surface area contributed by atoms with Crippen LogP contribution < -0.4 is 15.0 Å². The lowest BCUT2D eigenvalue weighted by Crippen LogP contribution is -2.19. The molecular formula is C17H12N4O4S2. The molecule has 0 saturated carbocycles. The Labute approximate surface area is 160 Å². The highest BCUT2D eigenvalue weighted by molar-refractivity contribution is 7.98. The van der Waals surface area contributed by atoms with Crippen LogP contribution in [0.3, 0.4) is 0 Å². The number of nitrogens with zero attached hydrogens (tertiary/aromatic N) is 4. The molecular weight excluding hydrogens is 388 g/mol. The number of hydrogen-bond donors (Lipinski definition) is 0. The first-order valence-corrected chi connectivity index (χ1v) is 9.85. The maximum atomic E-state index is 12.3. The molecule has 0 spiro atoms. The summed E-state index contributed by atoms with van der Waals surface area (Å²) in [5.41, 5.74) is 0.722. The Kier molecular flexibility index (Phi) is 3.87. The predicted octanol–water partition coefficient (Wildman–Crippen LogP) is 3.07. The van der Waals surface area contributed by atoms with Crippen LogP contribution in [0, 0.1) is 0 Å². The van der Waals surface area contributed by atoms with Crippen molar-refractivity contribution in [3.05, 3.63) is 45.9 Å². The fraction of sp³-hybridized carbons (Fsp3) is 0.176. The minimum absolute atomic E-state index is 0.0599. The van der Waals surface area contributed by atoms with Gasteiger partial charge in [-0.25, -0.2) is 4.98 Å². The summed E-state index contributed by atoms with van der Waals surface area (Å²) in [6, 6.07) is 7.28. The predicted molar refractivity (Wildman–Crippen MR) is 100 cm³/mol. The van der Waals surface area contributed by atoms with Crippen molar-refractivity contribution in [2.24, 2.45) is 7.05 Å². The fourth-order valence-corrected chi connectivity index (χ4v) is 4.32. The van der Waals surface area contributed by atoms with E-state index in [0.29, 0.717) is 39.5 Å². The molecule has 0 fully saturated rings. The average Bonchev–Trinajstić information content (AvgIpc) is 3.42. The Hall–Kier alpha value is -2.85. The van der Waals surface area contributed by atoms with Crippen molar-refractivity contribution >= 4 is 33.3 Å². The number of aromatic nitrogens is 4. The molecule has 0 saturated heterocycles. The molecule has 0 atom stereocenters. The summed E-state index contributed by atoms with van der Waals surface area (Å²) in [5, 5.41) is 7.13. The fourth-order valence-electron chi connectivity index (χ4n) is 2.70. The van der Waals surface area contributed by atoms with E-state index in [4.69, 9.17) is 14.0 Å². The van der Waals surface area contributed by atoms with E-state index >= 15 is 0 Å². The Morgan fingerprint density at radius 1 is 1.22 bits per heavy atom. The first kappa shape index (κ1) is 16.3. The van der Waals surface area contributed by atoms with Crippen LogP contribution in [-0.2, 0) is 12.8 Å². The lowest BCUT2D eigenvalue weighted by molar-refractivity contribution is 0.174. The molecule has 1 aromatic carbocycles. The van der Waals surface area contributed by atoms with E-state index in [-0.39, 0.29) is 12.4 Å². The summed E-state index contributed by atoms with van der Waals surface area (Å²) >= 11 is 2.82. The van der Waals surface area contributed by atoms with Gasteiger partial charge in [-0.1, -0.05) is 16.9 Å². The third-order valence-corrected chi connectivity index (χ3v) is 5.91. The third-order valence-electron chi connectivity index (χ3n) is 4.09. The number of thioether (sulfide) groups is 1. The number of hydrogen-bond acceptors (Lipinski definition) is 9. The standard InChI is InChI=1S/C17H12N4O4S2/c1-21-16(22)10-4-5-26-15(10)19-17(21)27-7-13-18-14(20-25-13)9-2-3-11-12(6-9)24-8-23-11/h2-6H,7-8H2,1H3. The second-order valence-corrected chi connectivity index (χ2v) is 7.60. The Morgan fingerprint density at radius 2 is 2.11 bits per heavy atom. The first-order valence-electron chi connectivity index (χ1n) is 7.99. The van der Waals surface area contributed by atoms with Crippen LogP contribution in [0.1, 0.15) is 5.89 Å². The molecule has 1 aliphatic heterocycles. The zero-order valence-electron chi connectivity index (χ0n) is 14.0. The summed E-state index contributed by atoms with van der Waals surface area (Å²) in [6.45, 7) is 0.216. The van der Waals surface area contributed by atoms with Gasteiger partial charge in [-0.2, -0.15) is 4.98 Å². The highest BCUT2D eigenvalue weighted by Gasteiger charge is 2.17. The van der Waals surface area contributed by atoms with Gasteiger partial charge in [0.25, 0.3) is 5.56 Å². The lowest BCUT2D eigenvalue weighted by Gasteiger charge is -2.05. The van der Waals surface area contributed by atoms with Crippen LogP contribution in [0.4, 0.5) is 0 Å². The first-order chi connectivity index (χ1) is 13.2. The van der Waals surface area contributed by atoms with E-state index in [9.17, 15) is 4.79 Å². The SMILES string of the molecule is Cn1c(SCc2nc(-c3ccc4c(c3)OCO4)no2)nc2sccc2c1=O. The molecule has 0 unspecified atom stereocenters. The summed E-state index contributed by atoms with van der Waals surface area (Å²) in [4.78, 5) is 22.0. The number of fused-ring (bicyclic) bond motifs is 2. The van der Waals surface area contributed by atoms with E-state index in [1.807, 2.05) is 23.6 Å². The number of rotatable bonds is 4. The topological polar surface area (TPSA) is 92.3 Å². The maximum Gasteiger partial charge on any atom is 0.262 e. The van der Waals surface area contributed by atoms with Gasteiger partial charge in [0.15, 0.2) is 16.7 Å². The second kappa shape index (κ2) is 6.39. The van der Waals surface area contributed by atoms with E-state index < -0.39 is 0 Å². The molecule has 4 heterocycles. The van der Waals surface area contributed by atoms with Crippen LogP contribution in [0.2, 0.25) is 0 Å². The molecule has 3 aromatic heterocycles. The van der Waals surface area contributed by atoms with Gasteiger partial charge in [-0.15, -0.1) is 11.3 Å². The van der Waals surface area contributed by atoms with Gasteiger partial charge < -0.3 is 14.0 Å². The Bertz CT molecular complexity index is 1210. The number of ether oxygens (including phenoxy) is 2. The quantitative estimate of drug-likeness (QED) is 0.381. The molecule has 0 N–H and O–H groups in total. The van der Waals surface area contributed by atoms with Crippen molar-refractivity contribution < 1.29 is 14.0 Å². The lowest BCUT2D eigenvalue weighted by atomic mass is 10.2. The Morgan fingerprint density at radius 3 is 3.04 bits per heavy atom. The average molecular weight is 400 g/mol. The normalized spacial score (nSPS) is 12.8. The molecule has 0 bridgehead atoms. The van der Waals surface area contributed by atoms with Crippen molar-refractivity contribution in [2.45, 2.75) is 10.9 Å². The highest BCUT2D eigenvalue weighted by atomic mass is 32.2. The third kappa shape index (κ3) is 2.86. The van der Waals surface area contributed by atoms with E-state index in [0.717, 1.165) is 10.4 Å². The van der Waals surface area contributed by atoms with Crippen LogP contribution in [0.15, 0.2) is 44.1 Å². The van der Waals surface area contributed by atoms with Gasteiger partial charge in [0.2, 0.25) is 18.5 Å². The zero-order chi connectivity index (χ0) is 18.4. The van der Waals surface area contributed by atoms with Gasteiger partial charge in [0, 0.05) is 12.6 Å².